The van der Waals surface area contributed by atoms with Gasteiger partial charge < -0.3 is 5.32 Å². The molecule has 0 radical (unpaired) electrons. The van der Waals surface area contributed by atoms with Crippen molar-refractivity contribution in [3.63, 3.8) is 0 Å². The van der Waals surface area contributed by atoms with E-state index in [4.69, 9.17) is 0 Å². The Morgan fingerprint density at radius 3 is 3.10 bits per heavy atom. The summed E-state index contributed by atoms with van der Waals surface area (Å²) in [7, 11) is 0. The predicted molar refractivity (Wildman–Crippen MR) is 79.7 cm³/mol. The second-order valence-corrected chi connectivity index (χ2v) is 5.19. The van der Waals surface area contributed by atoms with Crippen LogP contribution < -0.4 is 5.32 Å². The van der Waals surface area contributed by atoms with Crippen LogP contribution >= 0.6 is 0 Å². The third-order valence-corrected chi connectivity index (χ3v) is 3.69. The maximum absolute atomic E-state index is 12.1. The lowest BCUT2D eigenvalue weighted by Gasteiger charge is -2.17. The Morgan fingerprint density at radius 2 is 2.33 bits per heavy atom. The van der Waals surface area contributed by atoms with E-state index >= 15 is 0 Å². The molecule has 1 amide bonds. The van der Waals surface area contributed by atoms with E-state index in [0.717, 1.165) is 30.6 Å². The molecule has 21 heavy (non-hydrogen) atoms. The minimum Gasteiger partial charge on any atom is -0.352 e. The van der Waals surface area contributed by atoms with Crippen LogP contribution in [0.4, 0.5) is 0 Å². The van der Waals surface area contributed by atoms with Crippen LogP contribution in [0, 0.1) is 5.92 Å². The van der Waals surface area contributed by atoms with Crippen LogP contribution in [0.3, 0.4) is 0 Å². The van der Waals surface area contributed by atoms with Crippen molar-refractivity contribution in [1.82, 2.24) is 19.9 Å². The molecule has 0 saturated heterocycles. The highest BCUT2D eigenvalue weighted by Crippen LogP contribution is 2.18. The molecule has 2 aromatic rings. The average Bonchev–Trinajstić information content (AvgIpc) is 3.08. The number of rotatable bonds is 4. The molecule has 1 unspecified atom stereocenters. The topological polar surface area (TPSA) is 59.8 Å². The lowest BCUT2D eigenvalue weighted by molar-refractivity contribution is -0.125. The summed E-state index contributed by atoms with van der Waals surface area (Å²) >= 11 is 0. The van der Waals surface area contributed by atoms with Crippen LogP contribution in [0.1, 0.15) is 24.8 Å². The van der Waals surface area contributed by atoms with Crippen LogP contribution in [-0.4, -0.2) is 20.4 Å². The Bertz CT molecular complexity index is 633. The molecule has 0 saturated carbocycles. The summed E-state index contributed by atoms with van der Waals surface area (Å²) in [5.41, 5.74) is 1.04. The highest BCUT2D eigenvalue weighted by molar-refractivity contribution is 5.78. The molecule has 3 rings (SSSR count). The first kappa shape index (κ1) is 13.5. The zero-order valence-electron chi connectivity index (χ0n) is 11.8. The highest BCUT2D eigenvalue weighted by Gasteiger charge is 2.18. The molecule has 2 heterocycles. The maximum atomic E-state index is 12.1. The van der Waals surface area contributed by atoms with E-state index in [1.807, 2.05) is 22.9 Å². The van der Waals surface area contributed by atoms with Crippen molar-refractivity contribution in [3.05, 3.63) is 54.8 Å². The number of carbonyl (C=O) groups is 1. The standard InChI is InChI=1S/C16H18N4O/c21-16(14-4-2-1-3-5-14)19-11-13-6-7-18-15(10-13)20-9-8-17-12-20/h1-2,6-10,12,14H,3-5,11H2,(H,19,21). The zero-order chi connectivity index (χ0) is 14.5. The van der Waals surface area contributed by atoms with Crippen LogP contribution in [0.15, 0.2) is 49.2 Å². The van der Waals surface area contributed by atoms with E-state index in [0.29, 0.717) is 6.54 Å². The van der Waals surface area contributed by atoms with Crippen molar-refractivity contribution >= 4 is 5.91 Å². The van der Waals surface area contributed by atoms with E-state index in [2.05, 4.69) is 27.4 Å². The molecule has 0 spiro atoms. The zero-order valence-corrected chi connectivity index (χ0v) is 11.8. The van der Waals surface area contributed by atoms with Crippen molar-refractivity contribution in [2.24, 2.45) is 5.92 Å². The van der Waals surface area contributed by atoms with Crippen LogP contribution in [0.2, 0.25) is 0 Å². The Kier molecular flexibility index (Phi) is 4.09. The van der Waals surface area contributed by atoms with Gasteiger partial charge >= 0.3 is 0 Å². The minimum absolute atomic E-state index is 0.116. The monoisotopic (exact) mass is 282 g/mol. The fraction of sp³-hybridized carbons (Fsp3) is 0.312. The van der Waals surface area contributed by atoms with Gasteiger partial charge in [0.15, 0.2) is 0 Å². The first-order chi connectivity index (χ1) is 10.3. The number of pyridine rings is 1. The van der Waals surface area contributed by atoms with E-state index in [1.165, 1.54) is 0 Å². The number of hydrogen-bond acceptors (Lipinski definition) is 3. The van der Waals surface area contributed by atoms with Gasteiger partial charge in [0, 0.05) is 31.1 Å². The first-order valence-electron chi connectivity index (χ1n) is 7.19. The van der Waals surface area contributed by atoms with Crippen molar-refractivity contribution in [2.75, 3.05) is 0 Å². The van der Waals surface area contributed by atoms with Crippen LogP contribution in [-0.2, 0) is 11.3 Å². The lowest BCUT2D eigenvalue weighted by Crippen LogP contribution is -2.30. The van der Waals surface area contributed by atoms with Gasteiger partial charge in [0.2, 0.25) is 5.91 Å². The van der Waals surface area contributed by atoms with Gasteiger partial charge in [0.25, 0.3) is 0 Å². The molecule has 5 nitrogen and oxygen atoms in total. The second-order valence-electron chi connectivity index (χ2n) is 5.19. The van der Waals surface area contributed by atoms with Gasteiger partial charge in [0.1, 0.15) is 12.1 Å². The quantitative estimate of drug-likeness (QED) is 0.875. The van der Waals surface area contributed by atoms with Gasteiger partial charge in [-0.3, -0.25) is 9.36 Å². The molecule has 1 aliphatic rings. The number of amides is 1. The number of carbonyl (C=O) groups excluding carboxylic acids is 1. The highest BCUT2D eigenvalue weighted by atomic mass is 16.1. The second kappa shape index (κ2) is 6.35. The minimum atomic E-state index is 0.116. The summed E-state index contributed by atoms with van der Waals surface area (Å²) < 4.78 is 1.84. The van der Waals surface area contributed by atoms with Gasteiger partial charge in [-0.2, -0.15) is 0 Å². The van der Waals surface area contributed by atoms with Gasteiger partial charge in [-0.05, 0) is 37.0 Å². The Morgan fingerprint density at radius 1 is 1.38 bits per heavy atom. The Hall–Kier alpha value is -2.43. The molecule has 5 heteroatoms. The average molecular weight is 282 g/mol. The van der Waals surface area contributed by atoms with E-state index in [9.17, 15) is 4.79 Å². The molecule has 1 atom stereocenters. The van der Waals surface area contributed by atoms with Crippen molar-refractivity contribution < 1.29 is 4.79 Å². The van der Waals surface area contributed by atoms with E-state index < -0.39 is 0 Å². The molecular formula is C16H18N4O. The van der Waals surface area contributed by atoms with Crippen molar-refractivity contribution in [2.45, 2.75) is 25.8 Å². The molecule has 1 N–H and O–H groups in total. The fourth-order valence-electron chi connectivity index (χ4n) is 2.47. The third kappa shape index (κ3) is 3.37. The number of hydrogen-bond donors (Lipinski definition) is 1. The number of aromatic nitrogens is 3. The lowest BCUT2D eigenvalue weighted by atomic mass is 9.93. The largest absolute Gasteiger partial charge is 0.352 e. The van der Waals surface area contributed by atoms with Crippen molar-refractivity contribution in [1.29, 1.82) is 0 Å². The SMILES string of the molecule is O=C(NCc1ccnc(-n2ccnc2)c1)C1CC=CCC1. The normalized spacial score (nSPS) is 17.6. The van der Waals surface area contributed by atoms with Crippen LogP contribution in [0.5, 0.6) is 0 Å². The molecular weight excluding hydrogens is 264 g/mol. The summed E-state index contributed by atoms with van der Waals surface area (Å²) in [5, 5.41) is 3.02. The van der Waals surface area contributed by atoms with E-state index in [-0.39, 0.29) is 11.8 Å². The van der Waals surface area contributed by atoms with Gasteiger partial charge in [-0.1, -0.05) is 12.2 Å². The number of nitrogens with zero attached hydrogens (tertiary/aromatic N) is 3. The molecule has 1 aliphatic carbocycles. The Balaban J connectivity index is 1.61. The fourth-order valence-corrected chi connectivity index (χ4v) is 2.47. The molecule has 0 fully saturated rings. The summed E-state index contributed by atoms with van der Waals surface area (Å²) in [5.74, 6) is 1.06. The third-order valence-electron chi connectivity index (χ3n) is 3.69. The maximum Gasteiger partial charge on any atom is 0.223 e. The van der Waals surface area contributed by atoms with Crippen molar-refractivity contribution in [3.8, 4) is 5.82 Å². The molecule has 0 bridgehead atoms. The number of nitrogens with one attached hydrogen (secondary N) is 1. The molecule has 108 valence electrons. The van der Waals surface area contributed by atoms with Gasteiger partial charge in [-0.25, -0.2) is 9.97 Å². The van der Waals surface area contributed by atoms with E-state index in [1.54, 1.807) is 18.7 Å². The summed E-state index contributed by atoms with van der Waals surface area (Å²) in [6.07, 6.45) is 14.0. The first-order valence-corrected chi connectivity index (χ1v) is 7.19. The Labute approximate surface area is 123 Å². The molecule has 0 aromatic carbocycles. The smallest absolute Gasteiger partial charge is 0.223 e. The number of imidazole rings is 1. The van der Waals surface area contributed by atoms with Gasteiger partial charge in [0.05, 0.1) is 0 Å². The summed E-state index contributed by atoms with van der Waals surface area (Å²) in [6, 6.07) is 3.88. The summed E-state index contributed by atoms with van der Waals surface area (Å²) in [4.78, 5) is 20.4. The number of allylic oxidation sites excluding steroid dienone is 2. The molecule has 0 aliphatic heterocycles. The molecule has 2 aromatic heterocycles. The predicted octanol–water partition coefficient (Wildman–Crippen LogP) is 2.24. The van der Waals surface area contributed by atoms with Crippen LogP contribution in [0.25, 0.3) is 5.82 Å². The van der Waals surface area contributed by atoms with Gasteiger partial charge in [-0.15, -0.1) is 0 Å². The summed E-state index contributed by atoms with van der Waals surface area (Å²) in [6.45, 7) is 0.531.